The first-order valence-corrected chi connectivity index (χ1v) is 9.51. The summed E-state index contributed by atoms with van der Waals surface area (Å²) in [5.74, 6) is -0.591. The maximum Gasteiger partial charge on any atom is 0.339 e. The van der Waals surface area contributed by atoms with Crippen molar-refractivity contribution in [3.8, 4) is 11.3 Å². The number of carbonyl (C=O) groups excluding carboxylic acids is 1. The minimum absolute atomic E-state index is 0.295. The first-order chi connectivity index (χ1) is 13.0. The molecule has 28 heavy (non-hydrogen) atoms. The number of aryl methyl sites for hydroxylation is 2. The maximum atomic E-state index is 12.4. The predicted molar refractivity (Wildman–Crippen MR) is 110 cm³/mol. The molecule has 5 nitrogen and oxygen atoms in total. The van der Waals surface area contributed by atoms with Crippen LogP contribution in [0.15, 0.2) is 18.2 Å². The fourth-order valence-electron chi connectivity index (χ4n) is 2.95. The zero-order valence-corrected chi connectivity index (χ0v) is 18.3. The molecule has 0 spiro atoms. The SMILES string of the molecule is COC(=O)[C@@H](OC(C)(C)C)c1c(CO)nc(-c2ccc(C)c(C)c2)c(C)c1Cl. The molecule has 0 aliphatic carbocycles. The molecule has 0 unspecified atom stereocenters. The minimum Gasteiger partial charge on any atom is -0.467 e. The topological polar surface area (TPSA) is 68.7 Å². The molecule has 0 amide bonds. The summed E-state index contributed by atoms with van der Waals surface area (Å²) >= 11 is 6.69. The van der Waals surface area contributed by atoms with Crippen LogP contribution in [-0.2, 0) is 20.9 Å². The molecule has 152 valence electrons. The molecule has 0 fully saturated rings. The number of benzene rings is 1. The number of aliphatic hydroxyl groups excluding tert-OH is 1. The van der Waals surface area contributed by atoms with E-state index in [4.69, 9.17) is 21.1 Å². The van der Waals surface area contributed by atoms with Gasteiger partial charge >= 0.3 is 5.97 Å². The molecule has 1 aromatic heterocycles. The van der Waals surface area contributed by atoms with Gasteiger partial charge in [0.25, 0.3) is 0 Å². The van der Waals surface area contributed by atoms with E-state index >= 15 is 0 Å². The lowest BCUT2D eigenvalue weighted by atomic mass is 9.97. The first kappa shape index (κ1) is 22.3. The van der Waals surface area contributed by atoms with Crippen LogP contribution < -0.4 is 0 Å². The van der Waals surface area contributed by atoms with Crippen molar-refractivity contribution in [2.75, 3.05) is 7.11 Å². The minimum atomic E-state index is -1.08. The quantitative estimate of drug-likeness (QED) is 0.720. The second-order valence-electron chi connectivity index (χ2n) is 7.85. The third-order valence-electron chi connectivity index (χ3n) is 4.56. The number of aromatic nitrogens is 1. The number of aliphatic hydroxyl groups is 1. The molecule has 0 bridgehead atoms. The van der Waals surface area contributed by atoms with Gasteiger partial charge in [0.05, 0.1) is 35.7 Å². The van der Waals surface area contributed by atoms with E-state index < -0.39 is 17.7 Å². The molecular weight excluding hydrogens is 378 g/mol. The summed E-state index contributed by atoms with van der Waals surface area (Å²) in [6, 6.07) is 6.02. The van der Waals surface area contributed by atoms with Crippen molar-refractivity contribution < 1.29 is 19.4 Å². The van der Waals surface area contributed by atoms with Gasteiger partial charge in [-0.05, 0) is 64.3 Å². The average molecular weight is 406 g/mol. The zero-order valence-electron chi connectivity index (χ0n) is 17.5. The number of hydrogen-bond acceptors (Lipinski definition) is 5. The van der Waals surface area contributed by atoms with Crippen LogP contribution in [0.2, 0.25) is 5.02 Å². The summed E-state index contributed by atoms with van der Waals surface area (Å²) in [6.45, 7) is 11.0. The predicted octanol–water partition coefficient (Wildman–Crippen LogP) is 4.85. The molecule has 0 saturated heterocycles. The van der Waals surface area contributed by atoms with E-state index in [-0.39, 0.29) is 6.61 Å². The number of rotatable bonds is 5. The summed E-state index contributed by atoms with van der Waals surface area (Å²) in [5.41, 5.74) is 4.59. The van der Waals surface area contributed by atoms with Crippen molar-refractivity contribution in [1.29, 1.82) is 0 Å². The molecule has 2 rings (SSSR count). The number of nitrogens with zero attached hydrogens (tertiary/aromatic N) is 1. The smallest absolute Gasteiger partial charge is 0.339 e. The van der Waals surface area contributed by atoms with Crippen LogP contribution in [0.1, 0.15) is 54.8 Å². The Morgan fingerprint density at radius 3 is 2.36 bits per heavy atom. The number of methoxy groups -OCH3 is 1. The van der Waals surface area contributed by atoms with Crippen LogP contribution in [0, 0.1) is 20.8 Å². The fraction of sp³-hybridized carbons (Fsp3) is 0.455. The third-order valence-corrected chi connectivity index (χ3v) is 5.04. The van der Waals surface area contributed by atoms with Crippen molar-refractivity contribution in [3.05, 3.63) is 51.2 Å². The van der Waals surface area contributed by atoms with E-state index in [1.165, 1.54) is 12.7 Å². The molecule has 0 aliphatic rings. The average Bonchev–Trinajstić information content (AvgIpc) is 2.63. The van der Waals surface area contributed by atoms with E-state index in [0.29, 0.717) is 27.5 Å². The molecule has 1 atom stereocenters. The van der Waals surface area contributed by atoms with Gasteiger partial charge in [-0.25, -0.2) is 9.78 Å². The first-order valence-electron chi connectivity index (χ1n) is 9.13. The van der Waals surface area contributed by atoms with E-state index in [9.17, 15) is 9.90 Å². The highest BCUT2D eigenvalue weighted by molar-refractivity contribution is 6.32. The van der Waals surface area contributed by atoms with Gasteiger partial charge in [-0.1, -0.05) is 23.7 Å². The van der Waals surface area contributed by atoms with Crippen LogP contribution in [0.5, 0.6) is 0 Å². The van der Waals surface area contributed by atoms with Crippen molar-refractivity contribution >= 4 is 17.6 Å². The van der Waals surface area contributed by atoms with Gasteiger partial charge in [0, 0.05) is 11.1 Å². The highest BCUT2D eigenvalue weighted by atomic mass is 35.5. The van der Waals surface area contributed by atoms with Gasteiger partial charge in [0.15, 0.2) is 6.10 Å². The molecule has 1 heterocycles. The van der Waals surface area contributed by atoms with Gasteiger partial charge in [0.1, 0.15) is 0 Å². The van der Waals surface area contributed by atoms with E-state index in [1.54, 1.807) is 0 Å². The summed E-state index contributed by atoms with van der Waals surface area (Å²) in [7, 11) is 1.29. The van der Waals surface area contributed by atoms with Crippen LogP contribution in [0.25, 0.3) is 11.3 Å². The van der Waals surface area contributed by atoms with Crippen molar-refractivity contribution in [3.63, 3.8) is 0 Å². The number of halogens is 1. The zero-order chi connectivity index (χ0) is 21.2. The Labute approximate surface area is 171 Å². The van der Waals surface area contributed by atoms with E-state index in [1.807, 2.05) is 59.7 Å². The normalized spacial score (nSPS) is 12.8. The van der Waals surface area contributed by atoms with Crippen molar-refractivity contribution in [1.82, 2.24) is 4.98 Å². The van der Waals surface area contributed by atoms with Gasteiger partial charge in [0.2, 0.25) is 0 Å². The summed E-state index contributed by atoms with van der Waals surface area (Å²) in [4.78, 5) is 17.1. The largest absolute Gasteiger partial charge is 0.467 e. The highest BCUT2D eigenvalue weighted by Crippen LogP contribution is 2.38. The molecule has 1 N–H and O–H groups in total. The lowest BCUT2D eigenvalue weighted by molar-refractivity contribution is -0.164. The van der Waals surface area contributed by atoms with Crippen LogP contribution >= 0.6 is 11.6 Å². The third kappa shape index (κ3) is 4.72. The highest BCUT2D eigenvalue weighted by Gasteiger charge is 2.33. The molecule has 1 aromatic carbocycles. The van der Waals surface area contributed by atoms with Gasteiger partial charge in [-0.2, -0.15) is 0 Å². The van der Waals surface area contributed by atoms with Gasteiger partial charge < -0.3 is 14.6 Å². The van der Waals surface area contributed by atoms with Gasteiger partial charge in [-0.3, -0.25) is 0 Å². The molecule has 0 saturated carbocycles. The van der Waals surface area contributed by atoms with Crippen molar-refractivity contribution in [2.24, 2.45) is 0 Å². The Bertz CT molecular complexity index is 887. The Kier molecular flexibility index (Phi) is 6.86. The molecule has 2 aromatic rings. The summed E-state index contributed by atoms with van der Waals surface area (Å²) in [6.07, 6.45) is -1.08. The molecular formula is C22H28ClNO4. The lowest BCUT2D eigenvalue weighted by Gasteiger charge is -2.28. The monoisotopic (exact) mass is 405 g/mol. The maximum absolute atomic E-state index is 12.4. The number of hydrogen-bond donors (Lipinski definition) is 1. The standard InChI is InChI=1S/C22H28ClNO4/c1-12-8-9-15(10-13(12)2)19-14(3)18(23)17(16(11-25)24-19)20(21(26)27-7)28-22(4,5)6/h8-10,20,25H,11H2,1-7H3/t20-/m0/s1. The summed E-state index contributed by atoms with van der Waals surface area (Å²) < 4.78 is 10.8. The second-order valence-corrected chi connectivity index (χ2v) is 8.23. The fourth-order valence-corrected chi connectivity index (χ4v) is 3.25. The Morgan fingerprint density at radius 2 is 1.86 bits per heavy atom. The number of pyridine rings is 1. The van der Waals surface area contributed by atoms with E-state index in [2.05, 4.69) is 4.98 Å². The van der Waals surface area contributed by atoms with Crippen LogP contribution in [0.4, 0.5) is 0 Å². The van der Waals surface area contributed by atoms with Gasteiger partial charge in [-0.15, -0.1) is 0 Å². The number of carbonyl (C=O) groups is 1. The van der Waals surface area contributed by atoms with Crippen molar-refractivity contribution in [2.45, 2.75) is 59.9 Å². The van der Waals surface area contributed by atoms with E-state index in [0.717, 1.165) is 11.1 Å². The molecule has 0 radical (unpaired) electrons. The second kappa shape index (κ2) is 8.60. The Hall–Kier alpha value is -1.95. The molecule has 6 heteroatoms. The Balaban J connectivity index is 2.70. The number of esters is 1. The molecule has 0 aliphatic heterocycles. The van der Waals surface area contributed by atoms with Crippen LogP contribution in [-0.4, -0.2) is 28.8 Å². The lowest BCUT2D eigenvalue weighted by Crippen LogP contribution is -2.29. The summed E-state index contributed by atoms with van der Waals surface area (Å²) in [5, 5.41) is 10.3. The number of ether oxygens (including phenoxy) is 2. The Morgan fingerprint density at radius 1 is 1.21 bits per heavy atom. The van der Waals surface area contributed by atoms with Crippen LogP contribution in [0.3, 0.4) is 0 Å².